The Hall–Kier alpha value is -0.470. The summed E-state index contributed by atoms with van der Waals surface area (Å²) < 4.78 is 0. The first-order valence-electron chi connectivity index (χ1n) is 6.69. The van der Waals surface area contributed by atoms with E-state index in [1.54, 1.807) is 5.56 Å². The maximum absolute atomic E-state index is 4.30. The molecule has 0 amide bonds. The highest BCUT2D eigenvalue weighted by atomic mass is 32.1. The number of rotatable bonds is 5. The van der Waals surface area contributed by atoms with Gasteiger partial charge in [-0.3, -0.25) is 4.90 Å². The summed E-state index contributed by atoms with van der Waals surface area (Å²) in [4.78, 5) is 2.59. The van der Waals surface area contributed by atoms with Crippen molar-refractivity contribution >= 4 is 12.6 Å². The summed E-state index contributed by atoms with van der Waals surface area (Å²) in [6, 6.07) is 8.87. The maximum Gasteiger partial charge on any atom is 0.0236 e. The van der Waals surface area contributed by atoms with E-state index in [0.717, 1.165) is 18.2 Å². The Balaban J connectivity index is 1.82. The monoisotopic (exact) mass is 249 g/mol. The van der Waals surface area contributed by atoms with Crippen LogP contribution in [0.3, 0.4) is 0 Å². The highest BCUT2D eigenvalue weighted by molar-refractivity contribution is 7.80. The van der Waals surface area contributed by atoms with Crippen LogP contribution >= 0.6 is 12.6 Å². The number of hydrogen-bond donors (Lipinski definition) is 1. The van der Waals surface area contributed by atoms with Crippen molar-refractivity contribution in [2.45, 2.75) is 32.7 Å². The first kappa shape index (κ1) is 13.0. The molecule has 1 heterocycles. The minimum absolute atomic E-state index is 0.810. The molecule has 0 fully saturated rings. The predicted octanol–water partition coefficient (Wildman–Crippen LogP) is 3.39. The highest BCUT2D eigenvalue weighted by Gasteiger charge is 2.15. The Bertz CT molecular complexity index is 351. The normalized spacial score (nSPS) is 17.8. The van der Waals surface area contributed by atoms with Gasteiger partial charge >= 0.3 is 0 Å². The Labute approximate surface area is 111 Å². The summed E-state index contributed by atoms with van der Waals surface area (Å²) in [7, 11) is 0. The van der Waals surface area contributed by atoms with E-state index in [9.17, 15) is 0 Å². The van der Waals surface area contributed by atoms with E-state index in [1.165, 1.54) is 37.9 Å². The number of fused-ring (bicyclic) bond motifs is 1. The summed E-state index contributed by atoms with van der Waals surface area (Å²) in [6.07, 6.45) is 3.77. The minimum Gasteiger partial charge on any atom is -0.299 e. The molecule has 0 saturated heterocycles. The van der Waals surface area contributed by atoms with Gasteiger partial charge in [-0.05, 0) is 48.6 Å². The van der Waals surface area contributed by atoms with E-state index in [1.807, 2.05) is 0 Å². The van der Waals surface area contributed by atoms with E-state index in [4.69, 9.17) is 0 Å². The van der Waals surface area contributed by atoms with Crippen molar-refractivity contribution in [2.24, 2.45) is 5.92 Å². The molecule has 1 nitrogen and oxygen atoms in total. The van der Waals surface area contributed by atoms with Gasteiger partial charge in [0.05, 0.1) is 0 Å². The highest BCUT2D eigenvalue weighted by Crippen LogP contribution is 2.19. The van der Waals surface area contributed by atoms with Gasteiger partial charge in [0, 0.05) is 13.1 Å². The van der Waals surface area contributed by atoms with Crippen molar-refractivity contribution in [1.29, 1.82) is 0 Å². The molecule has 1 aromatic carbocycles. The van der Waals surface area contributed by atoms with E-state index in [2.05, 4.69) is 48.7 Å². The molecular weight excluding hydrogens is 226 g/mol. The van der Waals surface area contributed by atoms with Crippen LogP contribution in [-0.4, -0.2) is 23.7 Å². The van der Waals surface area contributed by atoms with Crippen LogP contribution in [0.25, 0.3) is 0 Å². The molecule has 0 radical (unpaired) electrons. The van der Waals surface area contributed by atoms with Gasteiger partial charge in [-0.2, -0.15) is 12.6 Å². The largest absolute Gasteiger partial charge is 0.299 e. The summed E-state index contributed by atoms with van der Waals surface area (Å²) in [6.45, 7) is 5.95. The van der Waals surface area contributed by atoms with Gasteiger partial charge in [-0.15, -0.1) is 0 Å². The fourth-order valence-corrected chi connectivity index (χ4v) is 2.95. The van der Waals surface area contributed by atoms with Gasteiger partial charge in [-0.25, -0.2) is 0 Å². The van der Waals surface area contributed by atoms with Crippen molar-refractivity contribution < 1.29 is 0 Å². The van der Waals surface area contributed by atoms with Crippen molar-refractivity contribution in [3.8, 4) is 0 Å². The summed E-state index contributed by atoms with van der Waals surface area (Å²) in [5, 5.41) is 0. The third-order valence-corrected chi connectivity index (χ3v) is 4.03. The van der Waals surface area contributed by atoms with Gasteiger partial charge in [0.15, 0.2) is 0 Å². The van der Waals surface area contributed by atoms with Crippen LogP contribution in [0, 0.1) is 5.92 Å². The van der Waals surface area contributed by atoms with E-state index in [-0.39, 0.29) is 0 Å². The molecule has 0 saturated carbocycles. The molecule has 2 rings (SSSR count). The molecular formula is C15H23NS. The molecule has 1 atom stereocenters. The lowest BCUT2D eigenvalue weighted by Crippen LogP contribution is -2.32. The van der Waals surface area contributed by atoms with Crippen LogP contribution in [0.15, 0.2) is 24.3 Å². The van der Waals surface area contributed by atoms with Crippen LogP contribution in [-0.2, 0) is 13.0 Å². The lowest BCUT2D eigenvalue weighted by atomic mass is 9.98. The SMILES string of the molecule is CC(CCS)CCN1CCc2ccccc2C1. The number of thiol groups is 1. The van der Waals surface area contributed by atoms with Crippen molar-refractivity contribution in [3.05, 3.63) is 35.4 Å². The second kappa shape index (κ2) is 6.46. The molecule has 1 aliphatic rings. The number of hydrogen-bond acceptors (Lipinski definition) is 2. The second-order valence-electron chi connectivity index (χ2n) is 5.20. The average molecular weight is 249 g/mol. The first-order valence-corrected chi connectivity index (χ1v) is 7.33. The molecule has 2 heteroatoms. The zero-order valence-corrected chi connectivity index (χ0v) is 11.6. The lowest BCUT2D eigenvalue weighted by molar-refractivity contribution is 0.236. The van der Waals surface area contributed by atoms with Crippen LogP contribution in [0.4, 0.5) is 0 Å². The molecule has 17 heavy (non-hydrogen) atoms. The Morgan fingerprint density at radius 2 is 2.00 bits per heavy atom. The number of benzene rings is 1. The fourth-order valence-electron chi connectivity index (χ4n) is 2.51. The quantitative estimate of drug-likeness (QED) is 0.783. The molecule has 0 aliphatic carbocycles. The zero-order chi connectivity index (χ0) is 12.1. The molecule has 94 valence electrons. The third-order valence-electron chi connectivity index (χ3n) is 3.77. The topological polar surface area (TPSA) is 3.24 Å². The van der Waals surface area contributed by atoms with Gasteiger partial charge in [0.1, 0.15) is 0 Å². The molecule has 0 aromatic heterocycles. The van der Waals surface area contributed by atoms with Crippen LogP contribution in [0.5, 0.6) is 0 Å². The molecule has 1 aromatic rings. The standard InChI is InChI=1S/C15H23NS/c1-13(8-11-17)6-9-16-10-7-14-4-2-3-5-15(14)12-16/h2-5,13,17H,6-12H2,1H3. The second-order valence-corrected chi connectivity index (χ2v) is 5.65. The van der Waals surface area contributed by atoms with Crippen molar-refractivity contribution in [2.75, 3.05) is 18.8 Å². The fraction of sp³-hybridized carbons (Fsp3) is 0.600. The zero-order valence-electron chi connectivity index (χ0n) is 10.7. The molecule has 0 bridgehead atoms. The van der Waals surface area contributed by atoms with Gasteiger partial charge < -0.3 is 0 Å². The summed E-state index contributed by atoms with van der Waals surface area (Å²) in [5.41, 5.74) is 3.08. The Morgan fingerprint density at radius 1 is 1.24 bits per heavy atom. The third kappa shape index (κ3) is 3.75. The van der Waals surface area contributed by atoms with E-state index < -0.39 is 0 Å². The Morgan fingerprint density at radius 3 is 2.76 bits per heavy atom. The smallest absolute Gasteiger partial charge is 0.0236 e. The van der Waals surface area contributed by atoms with Crippen LogP contribution in [0.2, 0.25) is 0 Å². The first-order chi connectivity index (χ1) is 8.29. The maximum atomic E-state index is 4.30. The average Bonchev–Trinajstić information content (AvgIpc) is 2.36. The lowest BCUT2D eigenvalue weighted by Gasteiger charge is -2.29. The number of nitrogens with zero attached hydrogens (tertiary/aromatic N) is 1. The van der Waals surface area contributed by atoms with Crippen LogP contribution in [0.1, 0.15) is 30.9 Å². The van der Waals surface area contributed by atoms with E-state index in [0.29, 0.717) is 0 Å². The molecule has 1 unspecified atom stereocenters. The Kier molecular flexibility index (Phi) is 4.93. The van der Waals surface area contributed by atoms with Crippen LogP contribution < -0.4 is 0 Å². The minimum atomic E-state index is 0.810. The van der Waals surface area contributed by atoms with E-state index >= 15 is 0 Å². The van der Waals surface area contributed by atoms with Crippen molar-refractivity contribution in [3.63, 3.8) is 0 Å². The molecule has 0 N–H and O–H groups in total. The summed E-state index contributed by atoms with van der Waals surface area (Å²) >= 11 is 4.30. The molecule has 0 spiro atoms. The van der Waals surface area contributed by atoms with Gasteiger partial charge in [0.2, 0.25) is 0 Å². The van der Waals surface area contributed by atoms with Gasteiger partial charge in [0.25, 0.3) is 0 Å². The van der Waals surface area contributed by atoms with Crippen molar-refractivity contribution in [1.82, 2.24) is 4.90 Å². The summed E-state index contributed by atoms with van der Waals surface area (Å²) in [5.74, 6) is 1.83. The predicted molar refractivity (Wildman–Crippen MR) is 77.7 cm³/mol. The molecule has 1 aliphatic heterocycles. The van der Waals surface area contributed by atoms with Gasteiger partial charge in [-0.1, -0.05) is 31.2 Å².